The van der Waals surface area contributed by atoms with Crippen LogP contribution in [0.1, 0.15) is 25.7 Å². The fourth-order valence-electron chi connectivity index (χ4n) is 3.58. The van der Waals surface area contributed by atoms with Gasteiger partial charge < -0.3 is 25.2 Å². The molecule has 2 aliphatic rings. The lowest BCUT2D eigenvalue weighted by Gasteiger charge is -2.37. The number of guanidine groups is 1. The first-order valence-corrected chi connectivity index (χ1v) is 10.3. The lowest BCUT2D eigenvalue weighted by atomic mass is 10.2. The van der Waals surface area contributed by atoms with Crippen LogP contribution in [0.25, 0.3) is 0 Å². The van der Waals surface area contributed by atoms with Crippen LogP contribution in [0.5, 0.6) is 0 Å². The number of anilines is 1. The average molecular weight is 516 g/mol. The van der Waals surface area contributed by atoms with E-state index in [0.717, 1.165) is 76.7 Å². The molecule has 2 saturated heterocycles. The number of aromatic nitrogens is 1. The Balaban J connectivity index is 0.00000300. The maximum Gasteiger partial charge on any atom is 0.251 e. The van der Waals surface area contributed by atoms with Gasteiger partial charge >= 0.3 is 0 Å². The smallest absolute Gasteiger partial charge is 0.251 e. The fourth-order valence-corrected chi connectivity index (χ4v) is 3.58. The zero-order valence-electron chi connectivity index (χ0n) is 17.2. The minimum Gasteiger partial charge on any atom is -0.370 e. The summed E-state index contributed by atoms with van der Waals surface area (Å²) in [5.41, 5.74) is 0. The van der Waals surface area contributed by atoms with Gasteiger partial charge in [-0.1, -0.05) is 6.07 Å². The minimum absolute atomic E-state index is 0. The number of nitrogens with one attached hydrogen (secondary N) is 2. The topological polar surface area (TPSA) is 82.1 Å². The Morgan fingerprint density at radius 1 is 1.21 bits per heavy atom. The van der Waals surface area contributed by atoms with Gasteiger partial charge in [0.15, 0.2) is 5.96 Å². The van der Waals surface area contributed by atoms with Gasteiger partial charge in [-0.15, -0.1) is 24.0 Å². The van der Waals surface area contributed by atoms with Crippen LogP contribution < -0.4 is 10.6 Å². The molecule has 0 aromatic carbocycles. The predicted octanol–water partition coefficient (Wildman–Crippen LogP) is 1.79. The zero-order chi connectivity index (χ0) is 19.6. The first kappa shape index (κ1) is 23.7. The summed E-state index contributed by atoms with van der Waals surface area (Å²) in [7, 11) is 1.81. The molecule has 1 unspecified atom stereocenters. The van der Waals surface area contributed by atoms with E-state index in [1.165, 1.54) is 0 Å². The normalized spacial score (nSPS) is 19.6. The summed E-state index contributed by atoms with van der Waals surface area (Å²) in [6.45, 7) is 5.57. The van der Waals surface area contributed by atoms with E-state index < -0.39 is 0 Å². The number of hydrogen-bond acceptors (Lipinski definition) is 5. The van der Waals surface area contributed by atoms with Crippen LogP contribution in [-0.4, -0.2) is 85.7 Å². The number of aliphatic imine (C=N–C) groups is 1. The summed E-state index contributed by atoms with van der Waals surface area (Å²) >= 11 is 0. The van der Waals surface area contributed by atoms with Crippen LogP contribution in [0.2, 0.25) is 0 Å². The number of unbranched alkanes of at least 4 members (excludes halogenated alkanes) is 1. The van der Waals surface area contributed by atoms with E-state index in [9.17, 15) is 4.79 Å². The van der Waals surface area contributed by atoms with Crippen LogP contribution in [0.3, 0.4) is 0 Å². The number of amides is 1. The van der Waals surface area contributed by atoms with Crippen LogP contribution >= 0.6 is 24.0 Å². The van der Waals surface area contributed by atoms with Crippen molar-refractivity contribution in [3.8, 4) is 0 Å². The molecule has 2 aliphatic heterocycles. The molecule has 1 aromatic rings. The van der Waals surface area contributed by atoms with E-state index in [1.807, 2.05) is 30.1 Å². The fraction of sp³-hybridized carbons (Fsp3) is 0.650. The highest BCUT2D eigenvalue weighted by atomic mass is 127. The van der Waals surface area contributed by atoms with E-state index in [-0.39, 0.29) is 36.0 Å². The van der Waals surface area contributed by atoms with Crippen LogP contribution in [-0.2, 0) is 9.53 Å². The Labute approximate surface area is 190 Å². The van der Waals surface area contributed by atoms with Gasteiger partial charge in [0.25, 0.3) is 5.91 Å². The first-order valence-electron chi connectivity index (χ1n) is 10.3. The molecule has 0 aliphatic carbocycles. The van der Waals surface area contributed by atoms with E-state index in [2.05, 4.69) is 25.5 Å². The van der Waals surface area contributed by atoms with Crippen molar-refractivity contribution in [3.63, 3.8) is 0 Å². The zero-order valence-corrected chi connectivity index (χ0v) is 19.5. The maximum atomic E-state index is 12.4. The quantitative estimate of drug-likeness (QED) is 0.249. The predicted molar refractivity (Wildman–Crippen MR) is 126 cm³/mol. The van der Waals surface area contributed by atoms with Crippen molar-refractivity contribution in [2.75, 3.05) is 58.2 Å². The van der Waals surface area contributed by atoms with Crippen LogP contribution in [0.15, 0.2) is 29.4 Å². The lowest BCUT2D eigenvalue weighted by molar-refractivity contribution is -0.142. The number of nitrogens with zero attached hydrogens (tertiary/aromatic N) is 4. The Hall–Kier alpha value is -1.62. The summed E-state index contributed by atoms with van der Waals surface area (Å²) < 4.78 is 5.53. The van der Waals surface area contributed by atoms with Crippen molar-refractivity contribution in [2.24, 2.45) is 4.99 Å². The second kappa shape index (κ2) is 12.8. The summed E-state index contributed by atoms with van der Waals surface area (Å²) in [5, 5.41) is 6.76. The molecule has 1 atom stereocenters. The highest BCUT2D eigenvalue weighted by molar-refractivity contribution is 14.0. The van der Waals surface area contributed by atoms with E-state index in [0.29, 0.717) is 6.61 Å². The second-order valence-corrected chi connectivity index (χ2v) is 7.14. The third-order valence-electron chi connectivity index (χ3n) is 5.17. The highest BCUT2D eigenvalue weighted by Gasteiger charge is 2.30. The van der Waals surface area contributed by atoms with Crippen molar-refractivity contribution in [1.82, 2.24) is 20.1 Å². The monoisotopic (exact) mass is 516 g/mol. The van der Waals surface area contributed by atoms with Crippen molar-refractivity contribution < 1.29 is 9.53 Å². The molecule has 2 fully saturated rings. The molecule has 29 heavy (non-hydrogen) atoms. The largest absolute Gasteiger partial charge is 0.370 e. The molecule has 2 N–H and O–H groups in total. The van der Waals surface area contributed by atoms with Gasteiger partial charge in [-0.25, -0.2) is 4.98 Å². The maximum absolute atomic E-state index is 12.4. The number of rotatable bonds is 7. The molecule has 162 valence electrons. The van der Waals surface area contributed by atoms with Gasteiger partial charge in [0.1, 0.15) is 11.9 Å². The van der Waals surface area contributed by atoms with Crippen LogP contribution in [0.4, 0.5) is 5.82 Å². The third-order valence-corrected chi connectivity index (χ3v) is 5.17. The Morgan fingerprint density at radius 3 is 2.62 bits per heavy atom. The summed E-state index contributed by atoms with van der Waals surface area (Å²) in [4.78, 5) is 25.3. The molecule has 0 bridgehead atoms. The van der Waals surface area contributed by atoms with Crippen molar-refractivity contribution in [2.45, 2.75) is 31.8 Å². The molecule has 0 saturated carbocycles. The van der Waals surface area contributed by atoms with Crippen molar-refractivity contribution in [1.29, 1.82) is 0 Å². The minimum atomic E-state index is -0.219. The number of pyridine rings is 1. The molecular formula is C20H33IN6O2. The van der Waals surface area contributed by atoms with Crippen molar-refractivity contribution >= 4 is 41.7 Å². The second-order valence-electron chi connectivity index (χ2n) is 7.14. The molecular weight excluding hydrogens is 483 g/mol. The molecule has 9 heteroatoms. The number of carbonyl (C=O) groups is 1. The number of carbonyl (C=O) groups excluding carboxylic acids is 1. The number of halogens is 1. The molecule has 1 aromatic heterocycles. The SMILES string of the molecule is CN=C(NCCCCNc1ccccn1)N1CCN(C(=O)C2CCCO2)CC1.I. The lowest BCUT2D eigenvalue weighted by Crippen LogP contribution is -2.55. The van der Waals surface area contributed by atoms with E-state index in [1.54, 1.807) is 6.20 Å². The van der Waals surface area contributed by atoms with E-state index >= 15 is 0 Å². The molecule has 3 rings (SSSR count). The van der Waals surface area contributed by atoms with Gasteiger partial charge in [0.05, 0.1) is 0 Å². The molecule has 3 heterocycles. The molecule has 0 radical (unpaired) electrons. The van der Waals surface area contributed by atoms with Crippen molar-refractivity contribution in [3.05, 3.63) is 24.4 Å². The third kappa shape index (κ3) is 7.29. The number of hydrogen-bond donors (Lipinski definition) is 2. The number of ether oxygens (including phenoxy) is 1. The molecule has 0 spiro atoms. The summed E-state index contributed by atoms with van der Waals surface area (Å²) in [5.74, 6) is 1.99. The Kier molecular flexibility index (Phi) is 10.5. The van der Waals surface area contributed by atoms with Gasteiger partial charge in [-0.3, -0.25) is 9.79 Å². The summed E-state index contributed by atoms with van der Waals surface area (Å²) in [6, 6.07) is 5.87. The molecule has 8 nitrogen and oxygen atoms in total. The Morgan fingerprint density at radius 2 is 1.97 bits per heavy atom. The Bertz CT molecular complexity index is 631. The van der Waals surface area contributed by atoms with Crippen LogP contribution in [0, 0.1) is 0 Å². The van der Waals surface area contributed by atoms with Gasteiger partial charge in [0.2, 0.25) is 0 Å². The highest BCUT2D eigenvalue weighted by Crippen LogP contribution is 2.16. The molecule has 1 amide bonds. The van der Waals surface area contributed by atoms with E-state index in [4.69, 9.17) is 4.74 Å². The average Bonchev–Trinajstić information content (AvgIpc) is 3.29. The van der Waals surface area contributed by atoms with Gasteiger partial charge in [-0.05, 0) is 37.8 Å². The first-order chi connectivity index (χ1) is 13.8. The number of piperazine rings is 1. The summed E-state index contributed by atoms with van der Waals surface area (Å²) in [6.07, 6.45) is 5.54. The van der Waals surface area contributed by atoms with Gasteiger partial charge in [-0.2, -0.15) is 0 Å². The van der Waals surface area contributed by atoms with Gasteiger partial charge in [0, 0.05) is 59.1 Å². The standard InChI is InChI=1S/C20H32N6O2.HI/c1-21-20(24-11-5-4-10-23-18-8-2-3-9-22-18)26-14-12-25(13-15-26)19(27)17-7-6-16-28-17;/h2-3,8-9,17H,4-7,10-16H2,1H3,(H,21,24)(H,22,23);1H.